The molecule has 31 heavy (non-hydrogen) atoms. The number of hydrogen-bond acceptors (Lipinski definition) is 6. The smallest absolute Gasteiger partial charge is 0.295 e. The molecule has 4 aromatic rings. The molecule has 3 heterocycles. The van der Waals surface area contributed by atoms with Gasteiger partial charge in [-0.05, 0) is 31.2 Å². The lowest BCUT2D eigenvalue weighted by Crippen LogP contribution is -2.23. The van der Waals surface area contributed by atoms with Crippen molar-refractivity contribution in [3.63, 3.8) is 0 Å². The van der Waals surface area contributed by atoms with E-state index in [1.807, 2.05) is 30.3 Å². The molecule has 0 spiro atoms. The number of benzene rings is 1. The molecule has 0 atom stereocenters. The Kier molecular flexibility index (Phi) is 5.54. The standard InChI is InChI=1S/C21H19N5O4S/c1-13-18(20(29)26(25(13)2)15-7-4-3-5-8-15)23-17(27)11-14-12-31-21(22-14)24-19(28)16-9-6-10-30-16/h3-10,12H,11H2,1-2H3,(H,23,27)(H,22,24,28). The highest BCUT2D eigenvalue weighted by molar-refractivity contribution is 7.14. The molecule has 2 amide bonds. The maximum absolute atomic E-state index is 12.9. The summed E-state index contributed by atoms with van der Waals surface area (Å²) < 4.78 is 8.23. The van der Waals surface area contributed by atoms with Crippen LogP contribution in [0.1, 0.15) is 21.9 Å². The molecule has 4 rings (SSSR count). The molecule has 1 aromatic carbocycles. The summed E-state index contributed by atoms with van der Waals surface area (Å²) >= 11 is 1.20. The summed E-state index contributed by atoms with van der Waals surface area (Å²) in [5.74, 6) is -0.624. The summed E-state index contributed by atoms with van der Waals surface area (Å²) in [6.07, 6.45) is 1.37. The highest BCUT2D eigenvalue weighted by Crippen LogP contribution is 2.18. The average molecular weight is 437 g/mol. The lowest BCUT2D eigenvalue weighted by atomic mass is 10.3. The zero-order valence-electron chi connectivity index (χ0n) is 16.8. The minimum absolute atomic E-state index is 0.0355. The molecule has 0 bridgehead atoms. The van der Waals surface area contributed by atoms with E-state index in [4.69, 9.17) is 4.42 Å². The number of carbonyl (C=O) groups excluding carboxylic acids is 2. The maximum Gasteiger partial charge on any atom is 0.295 e. The molecule has 0 saturated heterocycles. The minimum Gasteiger partial charge on any atom is -0.459 e. The second kappa shape index (κ2) is 8.44. The Morgan fingerprint density at radius 3 is 2.61 bits per heavy atom. The molecule has 0 unspecified atom stereocenters. The van der Waals surface area contributed by atoms with Gasteiger partial charge in [-0.1, -0.05) is 18.2 Å². The van der Waals surface area contributed by atoms with Crippen LogP contribution in [-0.4, -0.2) is 26.2 Å². The summed E-state index contributed by atoms with van der Waals surface area (Å²) in [6.45, 7) is 1.77. The van der Waals surface area contributed by atoms with Crippen LogP contribution in [0.2, 0.25) is 0 Å². The van der Waals surface area contributed by atoms with Crippen molar-refractivity contribution in [3.8, 4) is 5.69 Å². The van der Waals surface area contributed by atoms with Gasteiger partial charge in [-0.25, -0.2) is 9.67 Å². The number of aromatic nitrogens is 3. The van der Waals surface area contributed by atoms with Crippen LogP contribution in [0, 0.1) is 6.92 Å². The monoisotopic (exact) mass is 437 g/mol. The predicted octanol–water partition coefficient (Wildman–Crippen LogP) is 2.97. The molecule has 158 valence electrons. The zero-order chi connectivity index (χ0) is 22.0. The van der Waals surface area contributed by atoms with E-state index in [0.29, 0.717) is 22.2 Å². The maximum atomic E-state index is 12.9. The number of carbonyl (C=O) groups is 2. The topological polar surface area (TPSA) is 111 Å². The van der Waals surface area contributed by atoms with E-state index in [0.717, 1.165) is 0 Å². The van der Waals surface area contributed by atoms with Gasteiger partial charge in [0.1, 0.15) is 5.69 Å². The summed E-state index contributed by atoms with van der Waals surface area (Å²) in [6, 6.07) is 12.3. The van der Waals surface area contributed by atoms with E-state index in [9.17, 15) is 14.4 Å². The predicted molar refractivity (Wildman–Crippen MR) is 117 cm³/mol. The quantitative estimate of drug-likeness (QED) is 0.482. The summed E-state index contributed by atoms with van der Waals surface area (Å²) in [4.78, 5) is 41.7. The molecule has 0 aliphatic carbocycles. The summed E-state index contributed by atoms with van der Waals surface area (Å²) in [5, 5.41) is 7.35. The SMILES string of the molecule is Cc1c(NC(=O)Cc2csc(NC(=O)c3ccco3)n2)c(=O)n(-c2ccccc2)n1C. The molecular formula is C21H19N5O4S. The third kappa shape index (κ3) is 4.19. The van der Waals surface area contributed by atoms with Crippen molar-refractivity contribution >= 4 is 34.0 Å². The van der Waals surface area contributed by atoms with Crippen LogP contribution < -0.4 is 16.2 Å². The number of nitrogens with one attached hydrogen (secondary N) is 2. The Morgan fingerprint density at radius 1 is 1.13 bits per heavy atom. The van der Waals surface area contributed by atoms with Crippen molar-refractivity contribution in [1.82, 2.24) is 14.3 Å². The van der Waals surface area contributed by atoms with Gasteiger partial charge in [0.05, 0.1) is 29.8 Å². The number of nitrogens with zero attached hydrogens (tertiary/aromatic N) is 3. The Bertz CT molecular complexity index is 1290. The fourth-order valence-electron chi connectivity index (χ4n) is 3.07. The number of rotatable bonds is 6. The average Bonchev–Trinajstić information content (AvgIpc) is 3.48. The van der Waals surface area contributed by atoms with Gasteiger partial charge >= 0.3 is 0 Å². The Balaban J connectivity index is 1.46. The van der Waals surface area contributed by atoms with E-state index in [2.05, 4.69) is 15.6 Å². The minimum atomic E-state index is -0.420. The Hall–Kier alpha value is -3.92. The first kappa shape index (κ1) is 20.4. The van der Waals surface area contributed by atoms with Crippen molar-refractivity contribution in [3.05, 3.63) is 81.6 Å². The van der Waals surface area contributed by atoms with Crippen LogP contribution >= 0.6 is 11.3 Å². The molecule has 0 fully saturated rings. The number of para-hydroxylation sites is 1. The van der Waals surface area contributed by atoms with Gasteiger partial charge in [-0.15, -0.1) is 11.3 Å². The van der Waals surface area contributed by atoms with Crippen molar-refractivity contribution < 1.29 is 14.0 Å². The summed E-state index contributed by atoms with van der Waals surface area (Å²) in [5.41, 5.74) is 1.72. The van der Waals surface area contributed by atoms with E-state index in [-0.39, 0.29) is 29.3 Å². The van der Waals surface area contributed by atoms with Crippen LogP contribution in [0.5, 0.6) is 0 Å². The highest BCUT2D eigenvalue weighted by Gasteiger charge is 2.19. The van der Waals surface area contributed by atoms with E-state index in [1.165, 1.54) is 22.3 Å². The van der Waals surface area contributed by atoms with Gasteiger partial charge in [-0.3, -0.25) is 24.4 Å². The molecule has 0 radical (unpaired) electrons. The largest absolute Gasteiger partial charge is 0.459 e. The van der Waals surface area contributed by atoms with Gasteiger partial charge in [0.2, 0.25) is 5.91 Å². The van der Waals surface area contributed by atoms with Crippen LogP contribution in [0.3, 0.4) is 0 Å². The second-order valence-corrected chi connectivity index (χ2v) is 7.59. The fraction of sp³-hybridized carbons (Fsp3) is 0.143. The normalized spacial score (nSPS) is 10.8. The number of amides is 2. The first-order valence-corrected chi connectivity index (χ1v) is 10.2. The lowest BCUT2D eigenvalue weighted by Gasteiger charge is -2.07. The van der Waals surface area contributed by atoms with Gasteiger partial charge in [0, 0.05) is 12.4 Å². The van der Waals surface area contributed by atoms with Crippen molar-refractivity contribution in [2.45, 2.75) is 13.3 Å². The zero-order valence-corrected chi connectivity index (χ0v) is 17.6. The summed E-state index contributed by atoms with van der Waals surface area (Å²) in [7, 11) is 1.76. The Labute approximate surface area is 180 Å². The molecule has 2 N–H and O–H groups in total. The van der Waals surface area contributed by atoms with Crippen molar-refractivity contribution in [2.24, 2.45) is 7.05 Å². The third-order valence-corrected chi connectivity index (χ3v) is 5.48. The van der Waals surface area contributed by atoms with Crippen LogP contribution in [0.15, 0.2) is 63.3 Å². The number of hydrogen-bond donors (Lipinski definition) is 2. The lowest BCUT2D eigenvalue weighted by molar-refractivity contribution is -0.115. The van der Waals surface area contributed by atoms with Crippen molar-refractivity contribution in [1.29, 1.82) is 0 Å². The van der Waals surface area contributed by atoms with Crippen LogP contribution in [0.25, 0.3) is 5.69 Å². The molecule has 9 nitrogen and oxygen atoms in total. The van der Waals surface area contributed by atoms with Crippen molar-refractivity contribution in [2.75, 3.05) is 10.6 Å². The van der Waals surface area contributed by atoms with Gasteiger partial charge in [0.15, 0.2) is 10.9 Å². The Morgan fingerprint density at radius 2 is 1.90 bits per heavy atom. The van der Waals surface area contributed by atoms with Crippen LogP contribution in [0.4, 0.5) is 10.8 Å². The first-order chi connectivity index (χ1) is 14.9. The number of anilines is 2. The third-order valence-electron chi connectivity index (χ3n) is 4.68. The molecule has 10 heteroatoms. The van der Waals surface area contributed by atoms with Gasteiger partial charge < -0.3 is 9.73 Å². The van der Waals surface area contributed by atoms with E-state index >= 15 is 0 Å². The first-order valence-electron chi connectivity index (χ1n) is 9.37. The number of furan rings is 1. The molecule has 0 aliphatic heterocycles. The van der Waals surface area contributed by atoms with Gasteiger partial charge in [0.25, 0.3) is 11.5 Å². The van der Waals surface area contributed by atoms with Crippen LogP contribution in [-0.2, 0) is 18.3 Å². The molecule has 0 saturated carbocycles. The fourth-order valence-corrected chi connectivity index (χ4v) is 3.78. The molecule has 0 aliphatic rings. The molecule has 3 aromatic heterocycles. The second-order valence-electron chi connectivity index (χ2n) is 6.74. The van der Waals surface area contributed by atoms with Gasteiger partial charge in [-0.2, -0.15) is 0 Å². The number of thiazole rings is 1. The van der Waals surface area contributed by atoms with E-state index in [1.54, 1.807) is 36.2 Å². The highest BCUT2D eigenvalue weighted by atomic mass is 32.1. The molecular weight excluding hydrogens is 418 g/mol. The van der Waals surface area contributed by atoms with E-state index < -0.39 is 5.91 Å².